The highest BCUT2D eigenvalue weighted by Crippen LogP contribution is 2.19. The van der Waals surface area contributed by atoms with E-state index >= 15 is 0 Å². The number of likely N-dealkylation sites (N-methyl/N-ethyl adjacent to an activating group) is 1. The third kappa shape index (κ3) is 3.58. The van der Waals surface area contributed by atoms with Gasteiger partial charge in [-0.1, -0.05) is 27.2 Å². The second kappa shape index (κ2) is 6.41. The van der Waals surface area contributed by atoms with Gasteiger partial charge in [0.2, 0.25) is 0 Å². The fourth-order valence-corrected chi connectivity index (χ4v) is 2.35. The molecule has 0 bridgehead atoms. The smallest absolute Gasteiger partial charge is 0.0192 e. The van der Waals surface area contributed by atoms with Crippen molar-refractivity contribution in [2.45, 2.75) is 46.1 Å². The highest BCUT2D eigenvalue weighted by molar-refractivity contribution is 4.78. The third-order valence-electron chi connectivity index (χ3n) is 3.41. The lowest BCUT2D eigenvalue weighted by molar-refractivity contribution is 0.277. The molecule has 0 aromatic heterocycles. The van der Waals surface area contributed by atoms with Crippen molar-refractivity contribution in [1.82, 2.24) is 10.2 Å². The predicted octanol–water partition coefficient (Wildman–Crippen LogP) is 2.11. The van der Waals surface area contributed by atoms with E-state index in [0.717, 1.165) is 12.5 Å². The van der Waals surface area contributed by atoms with Crippen LogP contribution in [0, 0.1) is 5.92 Å². The van der Waals surface area contributed by atoms with Crippen molar-refractivity contribution in [3.05, 3.63) is 0 Å². The lowest BCUT2D eigenvalue weighted by Gasteiger charge is -2.23. The molecule has 1 rings (SSSR count). The quantitative estimate of drug-likeness (QED) is 0.703. The first-order chi connectivity index (χ1) is 6.80. The van der Waals surface area contributed by atoms with Crippen LogP contribution in [0.4, 0.5) is 0 Å². The fourth-order valence-electron chi connectivity index (χ4n) is 2.35. The van der Waals surface area contributed by atoms with Crippen molar-refractivity contribution >= 4 is 0 Å². The van der Waals surface area contributed by atoms with Gasteiger partial charge in [0.15, 0.2) is 0 Å². The average molecular weight is 198 g/mol. The summed E-state index contributed by atoms with van der Waals surface area (Å²) >= 11 is 0. The maximum atomic E-state index is 3.55. The minimum absolute atomic E-state index is 0.704. The van der Waals surface area contributed by atoms with E-state index < -0.39 is 0 Å². The lowest BCUT2D eigenvalue weighted by Crippen LogP contribution is -2.39. The maximum Gasteiger partial charge on any atom is 0.0192 e. The topological polar surface area (TPSA) is 15.3 Å². The van der Waals surface area contributed by atoms with Gasteiger partial charge in [0.1, 0.15) is 0 Å². The second-order valence-corrected chi connectivity index (χ2v) is 4.49. The van der Waals surface area contributed by atoms with Crippen LogP contribution in [-0.2, 0) is 0 Å². The van der Waals surface area contributed by atoms with Crippen LogP contribution in [0.3, 0.4) is 0 Å². The molecule has 84 valence electrons. The van der Waals surface area contributed by atoms with Gasteiger partial charge in [-0.15, -0.1) is 0 Å². The van der Waals surface area contributed by atoms with Crippen molar-refractivity contribution in [3.63, 3.8) is 0 Å². The molecule has 2 heteroatoms. The first-order valence-electron chi connectivity index (χ1n) is 6.25. The molecule has 0 amide bonds. The van der Waals surface area contributed by atoms with Crippen LogP contribution in [0.1, 0.15) is 40.0 Å². The average Bonchev–Trinajstić information content (AvgIpc) is 2.65. The van der Waals surface area contributed by atoms with Gasteiger partial charge < -0.3 is 10.2 Å². The van der Waals surface area contributed by atoms with Crippen LogP contribution >= 0.6 is 0 Å². The largest absolute Gasteiger partial charge is 0.313 e. The molecule has 0 spiro atoms. The molecule has 0 aromatic carbocycles. The Morgan fingerprint density at radius 3 is 2.64 bits per heavy atom. The minimum Gasteiger partial charge on any atom is -0.313 e. The molecule has 1 fully saturated rings. The first kappa shape index (κ1) is 12.0. The molecule has 2 unspecified atom stereocenters. The molecular weight excluding hydrogens is 172 g/mol. The first-order valence-corrected chi connectivity index (χ1v) is 6.25. The van der Waals surface area contributed by atoms with Gasteiger partial charge in [-0.2, -0.15) is 0 Å². The molecule has 1 aliphatic rings. The van der Waals surface area contributed by atoms with Crippen LogP contribution in [0.2, 0.25) is 0 Å². The van der Waals surface area contributed by atoms with Gasteiger partial charge in [-0.3, -0.25) is 0 Å². The van der Waals surface area contributed by atoms with Crippen molar-refractivity contribution in [2.24, 2.45) is 5.92 Å². The molecule has 0 aromatic rings. The zero-order valence-corrected chi connectivity index (χ0v) is 10.1. The Hall–Kier alpha value is -0.0800. The Bertz CT molecular complexity index is 147. The van der Waals surface area contributed by atoms with E-state index in [0.29, 0.717) is 6.04 Å². The number of hydrogen-bond acceptors (Lipinski definition) is 2. The van der Waals surface area contributed by atoms with Crippen LogP contribution in [0.25, 0.3) is 0 Å². The van der Waals surface area contributed by atoms with Gasteiger partial charge in [0.05, 0.1) is 0 Å². The summed E-state index contributed by atoms with van der Waals surface area (Å²) in [7, 11) is 0. The zero-order valence-electron chi connectivity index (χ0n) is 10.1. The number of nitrogens with one attached hydrogen (secondary N) is 1. The summed E-state index contributed by atoms with van der Waals surface area (Å²) in [6, 6.07) is 0.704. The van der Waals surface area contributed by atoms with Crippen LogP contribution in [-0.4, -0.2) is 37.1 Å². The molecule has 1 heterocycles. The number of nitrogens with zero attached hydrogens (tertiary/aromatic N) is 1. The molecule has 0 radical (unpaired) electrons. The summed E-state index contributed by atoms with van der Waals surface area (Å²) in [5.74, 6) is 0.967. The van der Waals surface area contributed by atoms with E-state index in [1.165, 1.54) is 38.9 Å². The van der Waals surface area contributed by atoms with E-state index in [1.807, 2.05) is 0 Å². The summed E-state index contributed by atoms with van der Waals surface area (Å²) in [5.41, 5.74) is 0. The van der Waals surface area contributed by atoms with Crippen LogP contribution in [0.15, 0.2) is 0 Å². The van der Waals surface area contributed by atoms with Crippen molar-refractivity contribution in [1.29, 1.82) is 0 Å². The van der Waals surface area contributed by atoms with Gasteiger partial charge in [-0.25, -0.2) is 0 Å². The van der Waals surface area contributed by atoms with E-state index in [1.54, 1.807) is 0 Å². The van der Waals surface area contributed by atoms with Crippen molar-refractivity contribution in [3.8, 4) is 0 Å². The Morgan fingerprint density at radius 1 is 1.36 bits per heavy atom. The molecule has 1 saturated heterocycles. The molecule has 1 aliphatic heterocycles. The Balaban J connectivity index is 2.22. The number of rotatable bonds is 6. The van der Waals surface area contributed by atoms with Gasteiger partial charge >= 0.3 is 0 Å². The van der Waals surface area contributed by atoms with E-state index in [4.69, 9.17) is 0 Å². The Labute approximate surface area is 89.1 Å². The molecule has 1 N–H and O–H groups in total. The standard InChI is InChI=1S/C12H26N2/c1-4-11-7-8-14(9-11)10-12(5-2)13-6-3/h11-13H,4-10H2,1-3H3. The highest BCUT2D eigenvalue weighted by Gasteiger charge is 2.22. The molecule has 2 atom stereocenters. The summed E-state index contributed by atoms with van der Waals surface area (Å²) < 4.78 is 0. The normalized spacial score (nSPS) is 25.5. The van der Waals surface area contributed by atoms with E-state index in [2.05, 4.69) is 31.0 Å². The summed E-state index contributed by atoms with van der Waals surface area (Å²) in [4.78, 5) is 2.63. The monoisotopic (exact) mass is 198 g/mol. The fraction of sp³-hybridized carbons (Fsp3) is 1.00. The molecular formula is C12H26N2. The Kier molecular flexibility index (Phi) is 5.49. The number of likely N-dealkylation sites (tertiary alicyclic amines) is 1. The van der Waals surface area contributed by atoms with Crippen LogP contribution in [0.5, 0.6) is 0 Å². The summed E-state index contributed by atoms with van der Waals surface area (Å²) in [6.45, 7) is 11.8. The molecule has 14 heavy (non-hydrogen) atoms. The van der Waals surface area contributed by atoms with E-state index in [9.17, 15) is 0 Å². The summed E-state index contributed by atoms with van der Waals surface area (Å²) in [6.07, 6.45) is 4.02. The minimum atomic E-state index is 0.704. The van der Waals surface area contributed by atoms with Crippen LogP contribution < -0.4 is 5.32 Å². The van der Waals surface area contributed by atoms with Crippen molar-refractivity contribution < 1.29 is 0 Å². The predicted molar refractivity (Wildman–Crippen MR) is 62.6 cm³/mol. The second-order valence-electron chi connectivity index (χ2n) is 4.49. The maximum absolute atomic E-state index is 3.55. The van der Waals surface area contributed by atoms with Gasteiger partial charge in [0.25, 0.3) is 0 Å². The third-order valence-corrected chi connectivity index (χ3v) is 3.41. The highest BCUT2D eigenvalue weighted by atomic mass is 15.2. The molecule has 2 nitrogen and oxygen atoms in total. The summed E-state index contributed by atoms with van der Waals surface area (Å²) in [5, 5.41) is 3.55. The van der Waals surface area contributed by atoms with Crippen molar-refractivity contribution in [2.75, 3.05) is 26.2 Å². The Morgan fingerprint density at radius 2 is 2.14 bits per heavy atom. The van der Waals surface area contributed by atoms with Gasteiger partial charge in [0, 0.05) is 19.1 Å². The molecule has 0 saturated carbocycles. The lowest BCUT2D eigenvalue weighted by atomic mass is 10.1. The van der Waals surface area contributed by atoms with Gasteiger partial charge in [-0.05, 0) is 31.8 Å². The molecule has 0 aliphatic carbocycles. The zero-order chi connectivity index (χ0) is 10.4. The number of hydrogen-bond donors (Lipinski definition) is 1. The SMILES string of the molecule is CCNC(CC)CN1CCC(CC)C1. The van der Waals surface area contributed by atoms with E-state index in [-0.39, 0.29) is 0 Å².